The molecule has 1 saturated heterocycles. The zero-order chi connectivity index (χ0) is 15.4. The number of likely N-dealkylation sites (tertiary alicyclic amines) is 1. The maximum atomic E-state index is 8.83. The molecule has 0 aromatic heterocycles. The quantitative estimate of drug-likeness (QED) is 0.387. The Bertz CT molecular complexity index is 506. The molecule has 2 unspecified atom stereocenters. The van der Waals surface area contributed by atoms with Crippen molar-refractivity contribution in [1.29, 1.82) is 0 Å². The number of nitrogens with zero attached hydrogens (tertiary/aromatic N) is 2. The average Bonchev–Trinajstić information content (AvgIpc) is 2.50. The molecule has 1 aromatic rings. The Hall–Kier alpha value is -1.75. The Morgan fingerprint density at radius 1 is 1.38 bits per heavy atom. The van der Waals surface area contributed by atoms with Crippen LogP contribution in [0.2, 0.25) is 0 Å². The maximum absolute atomic E-state index is 8.83. The van der Waals surface area contributed by atoms with Gasteiger partial charge in [-0.15, -0.1) is 0 Å². The summed E-state index contributed by atoms with van der Waals surface area (Å²) >= 11 is 0. The van der Waals surface area contributed by atoms with E-state index >= 15 is 0 Å². The average molecular weight is 291 g/mol. The van der Waals surface area contributed by atoms with Crippen LogP contribution in [0, 0.1) is 0 Å². The van der Waals surface area contributed by atoms with Crippen LogP contribution in [0.4, 0.5) is 0 Å². The molecule has 0 bridgehead atoms. The normalized spacial score (nSPS) is 24.0. The van der Waals surface area contributed by atoms with Gasteiger partial charge in [0.15, 0.2) is 5.84 Å². The molecule has 3 N–H and O–H groups in total. The first-order valence-electron chi connectivity index (χ1n) is 7.47. The van der Waals surface area contributed by atoms with Gasteiger partial charge in [0.25, 0.3) is 0 Å². The number of hydrogen-bond acceptors (Lipinski definition) is 4. The van der Waals surface area contributed by atoms with Crippen LogP contribution in [0.1, 0.15) is 44.2 Å². The van der Waals surface area contributed by atoms with Gasteiger partial charge in [-0.05, 0) is 44.9 Å². The Morgan fingerprint density at radius 2 is 2.05 bits per heavy atom. The summed E-state index contributed by atoms with van der Waals surface area (Å²) in [7, 11) is 1.67. The lowest BCUT2D eigenvalue weighted by Crippen LogP contribution is -2.43. The Balaban J connectivity index is 2.28. The summed E-state index contributed by atoms with van der Waals surface area (Å²) in [5.74, 6) is 0.966. The summed E-state index contributed by atoms with van der Waals surface area (Å²) in [6.07, 6.45) is 3.75. The molecular weight excluding hydrogens is 266 g/mol. The van der Waals surface area contributed by atoms with Gasteiger partial charge < -0.3 is 15.7 Å². The van der Waals surface area contributed by atoms with Gasteiger partial charge in [-0.3, -0.25) is 4.90 Å². The second-order valence-corrected chi connectivity index (χ2v) is 5.81. The van der Waals surface area contributed by atoms with Gasteiger partial charge in [-0.25, -0.2) is 0 Å². The molecule has 116 valence electrons. The topological polar surface area (TPSA) is 71.1 Å². The second-order valence-electron chi connectivity index (χ2n) is 5.81. The zero-order valence-electron chi connectivity index (χ0n) is 13.0. The molecule has 5 heteroatoms. The van der Waals surface area contributed by atoms with E-state index in [1.165, 1.54) is 19.3 Å². The highest BCUT2D eigenvalue weighted by molar-refractivity contribution is 5.97. The van der Waals surface area contributed by atoms with Gasteiger partial charge in [-0.1, -0.05) is 11.6 Å². The van der Waals surface area contributed by atoms with Crippen molar-refractivity contribution in [3.8, 4) is 5.75 Å². The van der Waals surface area contributed by atoms with Crippen LogP contribution in [-0.2, 0) is 6.54 Å². The number of ether oxygens (including phenoxy) is 1. The predicted molar refractivity (Wildman–Crippen MR) is 83.8 cm³/mol. The summed E-state index contributed by atoms with van der Waals surface area (Å²) in [5.41, 5.74) is 7.47. The van der Waals surface area contributed by atoms with Crippen LogP contribution < -0.4 is 10.5 Å². The SMILES string of the molecule is COc1ccc(/C(N)=N/O)cc1CN1C(C)CCCC1C. The van der Waals surface area contributed by atoms with E-state index in [1.54, 1.807) is 13.2 Å². The second kappa shape index (κ2) is 6.80. The van der Waals surface area contributed by atoms with Crippen molar-refractivity contribution in [2.75, 3.05) is 7.11 Å². The predicted octanol–water partition coefficient (Wildman–Crippen LogP) is 2.55. The van der Waals surface area contributed by atoms with E-state index in [9.17, 15) is 0 Å². The summed E-state index contributed by atoms with van der Waals surface area (Å²) in [6, 6.07) is 6.75. The van der Waals surface area contributed by atoms with Crippen molar-refractivity contribution in [1.82, 2.24) is 4.90 Å². The monoisotopic (exact) mass is 291 g/mol. The van der Waals surface area contributed by atoms with Gasteiger partial charge in [0.1, 0.15) is 5.75 Å². The number of benzene rings is 1. The molecule has 1 aliphatic rings. The van der Waals surface area contributed by atoms with Crippen LogP contribution in [-0.4, -0.2) is 35.1 Å². The van der Waals surface area contributed by atoms with Gasteiger partial charge in [0.05, 0.1) is 7.11 Å². The lowest BCUT2D eigenvalue weighted by atomic mass is 9.96. The number of piperidine rings is 1. The molecule has 1 fully saturated rings. The molecule has 2 atom stereocenters. The van der Waals surface area contributed by atoms with Crippen molar-refractivity contribution < 1.29 is 9.94 Å². The van der Waals surface area contributed by atoms with E-state index in [-0.39, 0.29) is 5.84 Å². The van der Waals surface area contributed by atoms with Crippen molar-refractivity contribution in [2.45, 2.75) is 51.7 Å². The van der Waals surface area contributed by atoms with Gasteiger partial charge in [-0.2, -0.15) is 0 Å². The van der Waals surface area contributed by atoms with Crippen LogP contribution >= 0.6 is 0 Å². The molecule has 21 heavy (non-hydrogen) atoms. The van der Waals surface area contributed by atoms with E-state index in [2.05, 4.69) is 23.9 Å². The third-order valence-electron chi connectivity index (χ3n) is 4.41. The van der Waals surface area contributed by atoms with Crippen LogP contribution in [0.5, 0.6) is 5.75 Å². The van der Waals surface area contributed by atoms with Crippen molar-refractivity contribution in [2.24, 2.45) is 10.9 Å². The van der Waals surface area contributed by atoms with Crippen LogP contribution in [0.3, 0.4) is 0 Å². The molecule has 1 aliphatic heterocycles. The molecule has 0 saturated carbocycles. The zero-order valence-corrected chi connectivity index (χ0v) is 13.0. The molecule has 1 aromatic carbocycles. The molecular formula is C16H25N3O2. The molecule has 0 spiro atoms. The number of methoxy groups -OCH3 is 1. The lowest BCUT2D eigenvalue weighted by Gasteiger charge is -2.39. The third kappa shape index (κ3) is 3.47. The van der Waals surface area contributed by atoms with Crippen LogP contribution in [0.15, 0.2) is 23.4 Å². The first-order chi connectivity index (χ1) is 10.1. The van der Waals surface area contributed by atoms with E-state index in [0.717, 1.165) is 17.9 Å². The van der Waals surface area contributed by atoms with E-state index < -0.39 is 0 Å². The largest absolute Gasteiger partial charge is 0.496 e. The first-order valence-corrected chi connectivity index (χ1v) is 7.47. The lowest BCUT2D eigenvalue weighted by molar-refractivity contribution is 0.0943. The highest BCUT2D eigenvalue weighted by Crippen LogP contribution is 2.28. The van der Waals surface area contributed by atoms with E-state index in [1.807, 2.05) is 12.1 Å². The summed E-state index contributed by atoms with van der Waals surface area (Å²) in [6.45, 7) is 5.36. The maximum Gasteiger partial charge on any atom is 0.170 e. The van der Waals surface area contributed by atoms with Gasteiger partial charge in [0.2, 0.25) is 0 Å². The number of hydrogen-bond donors (Lipinski definition) is 2. The summed E-state index contributed by atoms with van der Waals surface area (Å²) in [5, 5.41) is 11.9. The highest BCUT2D eigenvalue weighted by atomic mass is 16.5. The standard InChI is InChI=1S/C16H25N3O2/c1-11-5-4-6-12(2)19(11)10-14-9-13(16(17)18-20)7-8-15(14)21-3/h7-9,11-12,20H,4-6,10H2,1-3H3,(H2,17,18). The fourth-order valence-corrected chi connectivity index (χ4v) is 3.10. The Kier molecular flexibility index (Phi) is 5.07. The first kappa shape index (κ1) is 15.6. The molecule has 0 radical (unpaired) electrons. The van der Waals surface area contributed by atoms with Gasteiger partial charge >= 0.3 is 0 Å². The minimum atomic E-state index is 0.124. The smallest absolute Gasteiger partial charge is 0.170 e. The number of nitrogens with two attached hydrogens (primary N) is 1. The Morgan fingerprint density at radius 3 is 2.62 bits per heavy atom. The highest BCUT2D eigenvalue weighted by Gasteiger charge is 2.25. The summed E-state index contributed by atoms with van der Waals surface area (Å²) in [4.78, 5) is 2.50. The van der Waals surface area contributed by atoms with E-state index in [4.69, 9.17) is 15.7 Å². The molecule has 0 amide bonds. The van der Waals surface area contributed by atoms with E-state index in [0.29, 0.717) is 17.6 Å². The van der Waals surface area contributed by atoms with Crippen molar-refractivity contribution in [3.05, 3.63) is 29.3 Å². The van der Waals surface area contributed by atoms with Crippen LogP contribution in [0.25, 0.3) is 0 Å². The van der Waals surface area contributed by atoms with Crippen molar-refractivity contribution in [3.63, 3.8) is 0 Å². The number of amidine groups is 1. The third-order valence-corrected chi connectivity index (χ3v) is 4.41. The van der Waals surface area contributed by atoms with Crippen molar-refractivity contribution >= 4 is 5.84 Å². The summed E-state index contributed by atoms with van der Waals surface area (Å²) < 4.78 is 5.46. The minimum Gasteiger partial charge on any atom is -0.496 e. The number of oxime groups is 1. The fraction of sp³-hybridized carbons (Fsp3) is 0.562. The molecule has 1 heterocycles. The minimum absolute atomic E-state index is 0.124. The molecule has 5 nitrogen and oxygen atoms in total. The number of rotatable bonds is 4. The van der Waals surface area contributed by atoms with Gasteiger partial charge in [0, 0.05) is 29.8 Å². The Labute approximate surface area is 126 Å². The molecule has 0 aliphatic carbocycles. The molecule has 2 rings (SSSR count). The fourth-order valence-electron chi connectivity index (χ4n) is 3.10.